The molecule has 0 saturated carbocycles. The van der Waals surface area contributed by atoms with Gasteiger partial charge < -0.3 is 5.32 Å². The number of carbonyl (C=O) groups is 1. The molecule has 0 aliphatic carbocycles. The molecular formula is C7H11FN2O. The van der Waals surface area contributed by atoms with Gasteiger partial charge in [-0.25, -0.2) is 4.39 Å². The first kappa shape index (κ1) is 9.89. The van der Waals surface area contributed by atoms with Gasteiger partial charge >= 0.3 is 0 Å². The van der Waals surface area contributed by atoms with E-state index < -0.39 is 18.0 Å². The molecule has 62 valence electrons. The lowest BCUT2D eigenvalue weighted by Gasteiger charge is -2.05. The molecular weight excluding hydrogens is 147 g/mol. The van der Waals surface area contributed by atoms with Crippen LogP contribution >= 0.6 is 0 Å². The molecule has 4 heteroatoms. The van der Waals surface area contributed by atoms with Crippen LogP contribution in [0.15, 0.2) is 0 Å². The molecule has 0 bridgehead atoms. The number of nitrogens with one attached hydrogen (secondary N) is 1. The summed E-state index contributed by atoms with van der Waals surface area (Å²) in [5.41, 5.74) is 0. The monoisotopic (exact) mass is 158 g/mol. The maximum absolute atomic E-state index is 12.1. The number of carbonyl (C=O) groups excluding carboxylic acids is 1. The van der Waals surface area contributed by atoms with Crippen molar-refractivity contribution in [2.24, 2.45) is 5.92 Å². The third kappa shape index (κ3) is 4.31. The molecule has 0 heterocycles. The summed E-state index contributed by atoms with van der Waals surface area (Å²) < 4.78 is 12.1. The van der Waals surface area contributed by atoms with Gasteiger partial charge in [-0.1, -0.05) is 0 Å². The largest absolute Gasteiger partial charge is 0.352 e. The van der Waals surface area contributed by atoms with E-state index in [9.17, 15) is 9.18 Å². The van der Waals surface area contributed by atoms with Crippen molar-refractivity contribution in [2.75, 3.05) is 6.54 Å². The first-order chi connectivity index (χ1) is 5.07. The number of rotatable bonds is 3. The Bertz CT molecular complexity index is 174. The highest BCUT2D eigenvalue weighted by Crippen LogP contribution is 1.91. The Morgan fingerprint density at radius 1 is 1.73 bits per heavy atom. The van der Waals surface area contributed by atoms with Crippen LogP contribution in [0.1, 0.15) is 13.8 Å². The predicted octanol–water partition coefficient (Wildman–Crippen LogP) is 0.620. The Morgan fingerprint density at radius 3 is 2.64 bits per heavy atom. The third-order valence-corrected chi connectivity index (χ3v) is 1.14. The SMILES string of the molecule is CC(F)CNC(=O)C(C)C#N. The molecule has 1 N–H and O–H groups in total. The van der Waals surface area contributed by atoms with Gasteiger partial charge in [0.25, 0.3) is 0 Å². The van der Waals surface area contributed by atoms with Crippen molar-refractivity contribution in [3.63, 3.8) is 0 Å². The Kier molecular flexibility index (Phi) is 4.20. The van der Waals surface area contributed by atoms with Gasteiger partial charge in [-0.2, -0.15) is 5.26 Å². The molecule has 0 radical (unpaired) electrons. The fourth-order valence-electron chi connectivity index (χ4n) is 0.453. The summed E-state index contributed by atoms with van der Waals surface area (Å²) in [6.45, 7) is 2.79. The number of hydrogen-bond acceptors (Lipinski definition) is 2. The maximum Gasteiger partial charge on any atom is 0.237 e. The molecule has 3 nitrogen and oxygen atoms in total. The van der Waals surface area contributed by atoms with E-state index in [-0.39, 0.29) is 6.54 Å². The van der Waals surface area contributed by atoms with Crippen molar-refractivity contribution in [2.45, 2.75) is 20.0 Å². The van der Waals surface area contributed by atoms with E-state index in [4.69, 9.17) is 5.26 Å². The van der Waals surface area contributed by atoms with E-state index in [0.29, 0.717) is 0 Å². The number of halogens is 1. The highest BCUT2D eigenvalue weighted by molar-refractivity contribution is 5.80. The number of nitrogens with zero attached hydrogens (tertiary/aromatic N) is 1. The minimum absolute atomic E-state index is 0.0230. The van der Waals surface area contributed by atoms with E-state index >= 15 is 0 Å². The van der Waals surface area contributed by atoms with Crippen LogP contribution in [0.5, 0.6) is 0 Å². The van der Waals surface area contributed by atoms with Crippen LogP contribution in [0.3, 0.4) is 0 Å². The van der Waals surface area contributed by atoms with Crippen molar-refractivity contribution in [1.29, 1.82) is 5.26 Å². The van der Waals surface area contributed by atoms with Gasteiger partial charge in [0, 0.05) is 6.54 Å². The standard InChI is InChI=1S/C7H11FN2O/c1-5(3-9)7(11)10-4-6(2)8/h5-6H,4H2,1-2H3,(H,10,11). The fourth-order valence-corrected chi connectivity index (χ4v) is 0.453. The molecule has 11 heavy (non-hydrogen) atoms. The Hall–Kier alpha value is -1.11. The smallest absolute Gasteiger partial charge is 0.237 e. The van der Waals surface area contributed by atoms with Crippen LogP contribution in [0.25, 0.3) is 0 Å². The van der Waals surface area contributed by atoms with Crippen molar-refractivity contribution < 1.29 is 9.18 Å². The summed E-state index contributed by atoms with van der Waals surface area (Å²) in [7, 11) is 0. The average Bonchev–Trinajstić information content (AvgIpc) is 1.98. The Morgan fingerprint density at radius 2 is 2.27 bits per heavy atom. The Balaban J connectivity index is 3.63. The number of nitriles is 1. The van der Waals surface area contributed by atoms with Crippen molar-refractivity contribution >= 4 is 5.91 Å². The first-order valence-corrected chi connectivity index (χ1v) is 3.39. The molecule has 0 aromatic carbocycles. The summed E-state index contributed by atoms with van der Waals surface area (Å²) in [5.74, 6) is -1.12. The normalized spacial score (nSPS) is 14.7. The molecule has 0 aromatic heterocycles. The van der Waals surface area contributed by atoms with Gasteiger partial charge in [0.2, 0.25) is 5.91 Å². The molecule has 0 aliphatic rings. The van der Waals surface area contributed by atoms with Gasteiger partial charge in [0.05, 0.1) is 6.07 Å². The second kappa shape index (κ2) is 4.67. The van der Waals surface area contributed by atoms with Gasteiger partial charge in [0.15, 0.2) is 0 Å². The number of alkyl halides is 1. The summed E-state index contributed by atoms with van der Waals surface area (Å²) in [6, 6.07) is 1.75. The van der Waals surface area contributed by atoms with Crippen LogP contribution in [-0.4, -0.2) is 18.6 Å². The van der Waals surface area contributed by atoms with E-state index in [1.807, 2.05) is 0 Å². The number of amides is 1. The topological polar surface area (TPSA) is 52.9 Å². The molecule has 0 fully saturated rings. The lowest BCUT2D eigenvalue weighted by atomic mass is 10.2. The molecule has 0 saturated heterocycles. The molecule has 2 atom stereocenters. The van der Waals surface area contributed by atoms with Gasteiger partial charge in [-0.05, 0) is 13.8 Å². The second-order valence-electron chi connectivity index (χ2n) is 2.38. The van der Waals surface area contributed by atoms with Crippen LogP contribution in [0, 0.1) is 17.2 Å². The van der Waals surface area contributed by atoms with Gasteiger partial charge in [0.1, 0.15) is 12.1 Å². The van der Waals surface area contributed by atoms with E-state index in [0.717, 1.165) is 0 Å². The molecule has 2 unspecified atom stereocenters. The fraction of sp³-hybridized carbons (Fsp3) is 0.714. The minimum atomic E-state index is -1.06. The molecule has 0 aromatic rings. The summed E-state index contributed by atoms with van der Waals surface area (Å²) in [5, 5.41) is 10.6. The van der Waals surface area contributed by atoms with Crippen LogP contribution < -0.4 is 5.32 Å². The van der Waals surface area contributed by atoms with E-state index in [2.05, 4.69) is 5.32 Å². The van der Waals surface area contributed by atoms with Crippen molar-refractivity contribution in [3.8, 4) is 6.07 Å². The number of hydrogen-bond donors (Lipinski definition) is 1. The van der Waals surface area contributed by atoms with Crippen LogP contribution in [-0.2, 0) is 4.79 Å². The van der Waals surface area contributed by atoms with Crippen molar-refractivity contribution in [3.05, 3.63) is 0 Å². The lowest BCUT2D eigenvalue weighted by molar-refractivity contribution is -0.123. The predicted molar refractivity (Wildman–Crippen MR) is 38.4 cm³/mol. The molecule has 0 aliphatic heterocycles. The summed E-state index contributed by atoms with van der Waals surface area (Å²) in [4.78, 5) is 10.8. The maximum atomic E-state index is 12.1. The molecule has 0 rings (SSSR count). The van der Waals surface area contributed by atoms with Crippen LogP contribution in [0.4, 0.5) is 4.39 Å². The zero-order chi connectivity index (χ0) is 8.85. The summed E-state index contributed by atoms with van der Waals surface area (Å²) >= 11 is 0. The highest BCUT2D eigenvalue weighted by Gasteiger charge is 2.11. The Labute approximate surface area is 65.2 Å². The molecule has 1 amide bonds. The van der Waals surface area contributed by atoms with Gasteiger partial charge in [-0.3, -0.25) is 4.79 Å². The van der Waals surface area contributed by atoms with E-state index in [1.54, 1.807) is 6.07 Å². The highest BCUT2D eigenvalue weighted by atomic mass is 19.1. The third-order valence-electron chi connectivity index (χ3n) is 1.14. The zero-order valence-corrected chi connectivity index (χ0v) is 6.60. The van der Waals surface area contributed by atoms with E-state index in [1.165, 1.54) is 13.8 Å². The first-order valence-electron chi connectivity index (χ1n) is 3.39. The zero-order valence-electron chi connectivity index (χ0n) is 6.60. The summed E-state index contributed by atoms with van der Waals surface area (Å²) in [6.07, 6.45) is -1.06. The second-order valence-corrected chi connectivity index (χ2v) is 2.38. The van der Waals surface area contributed by atoms with Crippen LogP contribution in [0.2, 0.25) is 0 Å². The average molecular weight is 158 g/mol. The van der Waals surface area contributed by atoms with Crippen molar-refractivity contribution in [1.82, 2.24) is 5.32 Å². The quantitative estimate of drug-likeness (QED) is 0.654. The lowest BCUT2D eigenvalue weighted by Crippen LogP contribution is -2.32. The van der Waals surface area contributed by atoms with Gasteiger partial charge in [-0.15, -0.1) is 0 Å². The molecule has 0 spiro atoms. The minimum Gasteiger partial charge on any atom is -0.352 e.